The van der Waals surface area contributed by atoms with E-state index in [1.807, 2.05) is 0 Å². The molecule has 80 valence electrons. The summed E-state index contributed by atoms with van der Waals surface area (Å²) < 4.78 is 31.0. The van der Waals surface area contributed by atoms with E-state index in [1.165, 1.54) is 17.4 Å². The van der Waals surface area contributed by atoms with Crippen LogP contribution in [0.5, 0.6) is 0 Å². The van der Waals surface area contributed by atoms with Gasteiger partial charge in [-0.2, -0.15) is 13.8 Å². The molecule has 2 N–H and O–H groups in total. The lowest BCUT2D eigenvalue weighted by atomic mass is 10.3. The molecule has 1 fully saturated rings. The molecule has 15 heavy (non-hydrogen) atoms. The minimum atomic E-state index is -4.03. The molecule has 1 amide bonds. The number of nitrogens with zero attached hydrogens (tertiary/aromatic N) is 1. The van der Waals surface area contributed by atoms with Gasteiger partial charge < -0.3 is 9.50 Å². The first kappa shape index (κ1) is 8.71. The van der Waals surface area contributed by atoms with Crippen molar-refractivity contribution in [2.45, 2.75) is 6.23 Å². The second kappa shape index (κ2) is 2.51. The van der Waals surface area contributed by atoms with Gasteiger partial charge in [-0.1, -0.05) is 0 Å². The van der Waals surface area contributed by atoms with Crippen molar-refractivity contribution < 1.29 is 21.6 Å². The van der Waals surface area contributed by atoms with Crippen LogP contribution in [0.4, 0.5) is 0 Å². The summed E-state index contributed by atoms with van der Waals surface area (Å²) in [6.45, 7) is 0. The number of fused-ring (bicyclic) bond motifs is 2. The van der Waals surface area contributed by atoms with Gasteiger partial charge in [0.2, 0.25) is 6.23 Å². The third-order valence-corrected chi connectivity index (χ3v) is 2.84. The van der Waals surface area contributed by atoms with E-state index in [1.54, 1.807) is 0 Å². The zero-order valence-electron chi connectivity index (χ0n) is 7.13. The monoisotopic (exact) mass is 231 g/mol. The molecule has 3 aliphatic rings. The smallest absolute Gasteiger partial charge is 0.359 e. The number of hydrogen-bond donors (Lipinski definition) is 2. The predicted molar refractivity (Wildman–Crippen MR) is 44.2 cm³/mol. The summed E-state index contributed by atoms with van der Waals surface area (Å²) in [5, 5.41) is 3.74. The summed E-state index contributed by atoms with van der Waals surface area (Å²) in [7, 11) is -4.03. The zero-order chi connectivity index (χ0) is 10.6. The Labute approximate surface area is 84.4 Å². The van der Waals surface area contributed by atoms with Crippen LogP contribution in [0.25, 0.3) is 0 Å². The van der Waals surface area contributed by atoms with Gasteiger partial charge in [-0.3, -0.25) is 9.80 Å². The molecule has 0 aromatic heterocycles. The Kier molecular flexibility index (Phi) is 1.45. The molecule has 1 unspecified atom stereocenters. The molecule has 0 radical (unpaired) electrons. The molecule has 0 aliphatic carbocycles. The molecule has 3 heterocycles. The van der Waals surface area contributed by atoms with Crippen LogP contribution in [0.1, 0.15) is 0 Å². The largest absolute Gasteiger partial charge is 0.450 e. The first-order chi connectivity index (χ1) is 7.07. The maximum absolute atomic E-state index is 11.4. The van der Waals surface area contributed by atoms with Crippen molar-refractivity contribution in [1.82, 2.24) is 15.8 Å². The van der Waals surface area contributed by atoms with Crippen LogP contribution in [0.2, 0.25) is 0 Å². The maximum atomic E-state index is 11.4. The highest BCUT2D eigenvalue weighted by Crippen LogP contribution is 2.32. The summed E-state index contributed by atoms with van der Waals surface area (Å²) >= 11 is 0. The molecule has 1 saturated heterocycles. The lowest BCUT2D eigenvalue weighted by molar-refractivity contribution is -0.118. The van der Waals surface area contributed by atoms with E-state index in [4.69, 9.17) is 0 Å². The van der Waals surface area contributed by atoms with Crippen LogP contribution in [0, 0.1) is 0 Å². The SMILES string of the molecule is O=C1NC=CN2NC3OS(=O)(=O)OC3=C12. The number of hydrazine groups is 1. The third kappa shape index (κ3) is 1.14. The Morgan fingerprint density at radius 3 is 3.07 bits per heavy atom. The fourth-order valence-corrected chi connectivity index (χ4v) is 2.27. The molecule has 0 aromatic rings. The highest BCUT2D eigenvalue weighted by molar-refractivity contribution is 7.82. The van der Waals surface area contributed by atoms with Crippen molar-refractivity contribution in [2.24, 2.45) is 0 Å². The number of nitrogens with one attached hydrogen (secondary N) is 2. The first-order valence-electron chi connectivity index (χ1n) is 3.97. The highest BCUT2D eigenvalue weighted by atomic mass is 32.3. The van der Waals surface area contributed by atoms with E-state index in [0.717, 1.165) is 0 Å². The molecule has 9 heteroatoms. The maximum Gasteiger partial charge on any atom is 0.450 e. The molecular weight excluding hydrogens is 226 g/mol. The number of carbonyl (C=O) groups excluding carboxylic acids is 1. The molecular formula is C6H5N3O5S. The molecule has 0 spiro atoms. The molecule has 3 rings (SSSR count). The van der Waals surface area contributed by atoms with Crippen LogP contribution in [-0.4, -0.2) is 25.6 Å². The first-order valence-corrected chi connectivity index (χ1v) is 5.30. The molecule has 3 aliphatic heterocycles. The lowest BCUT2D eigenvalue weighted by Crippen LogP contribution is -2.40. The minimum absolute atomic E-state index is 0.0446. The topological polar surface area (TPSA) is 97.0 Å². The fraction of sp³-hybridized carbons (Fsp3) is 0.167. The van der Waals surface area contributed by atoms with Gasteiger partial charge in [0.05, 0.1) is 0 Å². The van der Waals surface area contributed by atoms with Gasteiger partial charge in [-0.15, -0.1) is 0 Å². The van der Waals surface area contributed by atoms with Gasteiger partial charge in [0.25, 0.3) is 5.91 Å². The van der Waals surface area contributed by atoms with Crippen molar-refractivity contribution in [3.05, 3.63) is 23.9 Å². The fourth-order valence-electron chi connectivity index (χ4n) is 1.48. The Hall–Kier alpha value is -1.58. The average molecular weight is 231 g/mol. The van der Waals surface area contributed by atoms with E-state index in [0.29, 0.717) is 0 Å². The minimum Gasteiger partial charge on any atom is -0.359 e. The van der Waals surface area contributed by atoms with Crippen molar-refractivity contribution in [3.63, 3.8) is 0 Å². The third-order valence-electron chi connectivity index (χ3n) is 2.03. The van der Waals surface area contributed by atoms with Gasteiger partial charge in [-0.05, 0) is 0 Å². The van der Waals surface area contributed by atoms with Crippen LogP contribution in [0.15, 0.2) is 23.9 Å². The standard InChI is InChI=1S/C6H5N3O5S/c10-5-3-4-6(14-15(11,12)13-4)8-9(3)2-1-7-5/h1-2,6,8H,(H,7,10). The average Bonchev–Trinajstić information content (AvgIpc) is 2.56. The van der Waals surface area contributed by atoms with E-state index < -0.39 is 22.5 Å². The van der Waals surface area contributed by atoms with Crippen molar-refractivity contribution in [2.75, 3.05) is 0 Å². The van der Waals surface area contributed by atoms with Crippen LogP contribution < -0.4 is 10.7 Å². The number of amides is 1. The second-order valence-electron chi connectivity index (χ2n) is 2.97. The van der Waals surface area contributed by atoms with Crippen LogP contribution >= 0.6 is 0 Å². The van der Waals surface area contributed by atoms with Crippen LogP contribution in [-0.2, 0) is 23.6 Å². The van der Waals surface area contributed by atoms with Gasteiger partial charge >= 0.3 is 10.4 Å². The summed E-state index contributed by atoms with van der Waals surface area (Å²) in [5.74, 6) is -0.500. The second-order valence-corrected chi connectivity index (χ2v) is 4.14. The van der Waals surface area contributed by atoms with Crippen LogP contribution in [0.3, 0.4) is 0 Å². The number of hydrogen-bond acceptors (Lipinski definition) is 7. The summed E-state index contributed by atoms with van der Waals surface area (Å²) in [6.07, 6.45) is 1.97. The van der Waals surface area contributed by atoms with Gasteiger partial charge in [0, 0.05) is 12.4 Å². The normalized spacial score (nSPS) is 31.1. The van der Waals surface area contributed by atoms with E-state index >= 15 is 0 Å². The van der Waals surface area contributed by atoms with Gasteiger partial charge in [0.15, 0.2) is 11.5 Å². The number of carbonyl (C=O) groups is 1. The molecule has 0 saturated carbocycles. The van der Waals surface area contributed by atoms with E-state index in [-0.39, 0.29) is 11.5 Å². The molecule has 8 nitrogen and oxygen atoms in total. The van der Waals surface area contributed by atoms with E-state index in [9.17, 15) is 13.2 Å². The Balaban J connectivity index is 2.12. The summed E-state index contributed by atoms with van der Waals surface area (Å²) in [6, 6.07) is 0. The molecule has 1 atom stereocenters. The van der Waals surface area contributed by atoms with Crippen molar-refractivity contribution in [1.29, 1.82) is 0 Å². The predicted octanol–water partition coefficient (Wildman–Crippen LogP) is -1.76. The van der Waals surface area contributed by atoms with Crippen molar-refractivity contribution in [3.8, 4) is 0 Å². The Morgan fingerprint density at radius 1 is 1.47 bits per heavy atom. The zero-order valence-corrected chi connectivity index (χ0v) is 7.95. The molecule has 0 bridgehead atoms. The number of rotatable bonds is 0. The summed E-state index contributed by atoms with van der Waals surface area (Å²) in [5.41, 5.74) is 2.71. The van der Waals surface area contributed by atoms with Gasteiger partial charge in [0.1, 0.15) is 0 Å². The summed E-state index contributed by atoms with van der Waals surface area (Å²) in [4.78, 5) is 11.4. The quantitative estimate of drug-likeness (QED) is 0.509. The van der Waals surface area contributed by atoms with E-state index in [2.05, 4.69) is 19.1 Å². The highest BCUT2D eigenvalue weighted by Gasteiger charge is 2.47. The van der Waals surface area contributed by atoms with Gasteiger partial charge in [-0.25, -0.2) is 4.18 Å². The Bertz CT molecular complexity index is 507. The lowest BCUT2D eigenvalue weighted by Gasteiger charge is -2.20. The Morgan fingerprint density at radius 2 is 2.27 bits per heavy atom. The van der Waals surface area contributed by atoms with Crippen molar-refractivity contribution >= 4 is 16.3 Å². The molecule has 0 aromatic carbocycles.